The van der Waals surface area contributed by atoms with E-state index in [4.69, 9.17) is 0 Å². The van der Waals surface area contributed by atoms with Crippen LogP contribution in [0.5, 0.6) is 0 Å². The molecule has 1 N–H and O–H groups in total. The Kier molecular flexibility index (Phi) is 8.26. The van der Waals surface area contributed by atoms with Gasteiger partial charge in [-0.2, -0.15) is 0 Å². The number of unbranched alkanes of at least 4 members (excludes halogenated alkanes) is 2. The predicted octanol–water partition coefficient (Wildman–Crippen LogP) is 3.62. The number of hydrogen-bond acceptors (Lipinski definition) is 2. The predicted molar refractivity (Wildman–Crippen MR) is 90.8 cm³/mol. The molecule has 0 saturated carbocycles. The lowest BCUT2D eigenvalue weighted by molar-refractivity contribution is -0.143. The molecule has 0 aliphatic heterocycles. The maximum atomic E-state index is 12.4. The summed E-state index contributed by atoms with van der Waals surface area (Å²) in [6, 6.07) is 7.61. The molecule has 0 aliphatic rings. The van der Waals surface area contributed by atoms with Crippen LogP contribution in [0.4, 0.5) is 5.69 Å². The minimum absolute atomic E-state index is 0.423. The summed E-state index contributed by atoms with van der Waals surface area (Å²) in [7, 11) is 0. The zero-order valence-corrected chi connectivity index (χ0v) is 14.0. The number of amides is 2. The van der Waals surface area contributed by atoms with Crippen LogP contribution in [0.3, 0.4) is 0 Å². The molecule has 0 unspecified atom stereocenters. The summed E-state index contributed by atoms with van der Waals surface area (Å²) >= 11 is 0. The number of benzene rings is 1. The minimum Gasteiger partial charge on any atom is -0.334 e. The highest BCUT2D eigenvalue weighted by Crippen LogP contribution is 2.15. The SMILES string of the molecule is CCCCN(CCCC)C(=O)C(=O)Nc1ccccc1CC. The number of carbonyl (C=O) groups is 2. The van der Waals surface area contributed by atoms with E-state index in [1.807, 2.05) is 31.2 Å². The third kappa shape index (κ3) is 5.51. The van der Waals surface area contributed by atoms with Crippen LogP contribution in [0.25, 0.3) is 0 Å². The maximum absolute atomic E-state index is 12.4. The van der Waals surface area contributed by atoms with Crippen molar-refractivity contribution in [3.8, 4) is 0 Å². The van der Waals surface area contributed by atoms with Crippen LogP contribution in [0.15, 0.2) is 24.3 Å². The Morgan fingerprint density at radius 3 is 2.14 bits per heavy atom. The average Bonchev–Trinajstić information content (AvgIpc) is 2.55. The first kappa shape index (κ1) is 18.2. The van der Waals surface area contributed by atoms with Crippen LogP contribution < -0.4 is 5.32 Å². The van der Waals surface area contributed by atoms with E-state index >= 15 is 0 Å². The molecule has 1 aromatic carbocycles. The maximum Gasteiger partial charge on any atom is 0.313 e. The molecule has 0 bridgehead atoms. The fourth-order valence-electron chi connectivity index (χ4n) is 2.28. The quantitative estimate of drug-likeness (QED) is 0.746. The summed E-state index contributed by atoms with van der Waals surface area (Å²) in [6.45, 7) is 7.50. The molecule has 0 atom stereocenters. The average molecular weight is 304 g/mol. The van der Waals surface area contributed by atoms with E-state index in [1.54, 1.807) is 4.90 Å². The van der Waals surface area contributed by atoms with E-state index < -0.39 is 11.8 Å². The van der Waals surface area contributed by atoms with Crippen LogP contribution in [-0.2, 0) is 16.0 Å². The van der Waals surface area contributed by atoms with Gasteiger partial charge >= 0.3 is 11.8 Å². The topological polar surface area (TPSA) is 49.4 Å². The fourth-order valence-corrected chi connectivity index (χ4v) is 2.28. The van der Waals surface area contributed by atoms with E-state index in [0.29, 0.717) is 13.1 Å². The Morgan fingerprint density at radius 2 is 1.59 bits per heavy atom. The Morgan fingerprint density at radius 1 is 1.00 bits per heavy atom. The van der Waals surface area contributed by atoms with Gasteiger partial charge in [-0.05, 0) is 30.9 Å². The molecule has 4 nitrogen and oxygen atoms in total. The molecule has 0 aliphatic carbocycles. The smallest absolute Gasteiger partial charge is 0.313 e. The van der Waals surface area contributed by atoms with Gasteiger partial charge in [-0.1, -0.05) is 51.8 Å². The van der Waals surface area contributed by atoms with Crippen LogP contribution >= 0.6 is 0 Å². The molecule has 0 spiro atoms. The second-order valence-electron chi connectivity index (χ2n) is 5.46. The first-order chi connectivity index (χ1) is 10.6. The number of carbonyl (C=O) groups excluding carboxylic acids is 2. The summed E-state index contributed by atoms with van der Waals surface area (Å²) < 4.78 is 0. The molecule has 0 heterocycles. The molecule has 2 amide bonds. The first-order valence-electron chi connectivity index (χ1n) is 8.32. The monoisotopic (exact) mass is 304 g/mol. The third-order valence-electron chi connectivity index (χ3n) is 3.69. The van der Waals surface area contributed by atoms with Gasteiger partial charge in [-0.15, -0.1) is 0 Å². The second kappa shape index (κ2) is 9.98. The molecule has 1 rings (SSSR count). The van der Waals surface area contributed by atoms with E-state index in [-0.39, 0.29) is 0 Å². The Bertz CT molecular complexity index is 478. The van der Waals surface area contributed by atoms with Crippen LogP contribution in [-0.4, -0.2) is 29.8 Å². The molecule has 22 heavy (non-hydrogen) atoms. The Hall–Kier alpha value is -1.84. The molecule has 0 fully saturated rings. The number of rotatable bonds is 8. The molecule has 0 radical (unpaired) electrons. The highest BCUT2D eigenvalue weighted by atomic mass is 16.2. The van der Waals surface area contributed by atoms with Gasteiger partial charge in [0.2, 0.25) is 0 Å². The summed E-state index contributed by atoms with van der Waals surface area (Å²) in [6.07, 6.45) is 4.69. The molecular weight excluding hydrogens is 276 g/mol. The van der Waals surface area contributed by atoms with Crippen molar-refractivity contribution in [2.24, 2.45) is 0 Å². The van der Waals surface area contributed by atoms with Gasteiger partial charge in [0.15, 0.2) is 0 Å². The lowest BCUT2D eigenvalue weighted by Gasteiger charge is -2.22. The van der Waals surface area contributed by atoms with E-state index in [2.05, 4.69) is 19.2 Å². The van der Waals surface area contributed by atoms with Crippen molar-refractivity contribution in [1.29, 1.82) is 0 Å². The molecule has 1 aromatic rings. The number of nitrogens with zero attached hydrogens (tertiary/aromatic N) is 1. The van der Waals surface area contributed by atoms with Gasteiger partial charge in [0.25, 0.3) is 0 Å². The molecular formula is C18H28N2O2. The first-order valence-corrected chi connectivity index (χ1v) is 8.32. The van der Waals surface area contributed by atoms with Crippen molar-refractivity contribution < 1.29 is 9.59 Å². The standard InChI is InChI=1S/C18H28N2O2/c1-4-7-13-20(14-8-5-2)18(22)17(21)19-16-12-10-9-11-15(16)6-3/h9-12H,4-8,13-14H2,1-3H3,(H,19,21). The molecule has 4 heteroatoms. The molecule has 0 saturated heterocycles. The second-order valence-corrected chi connectivity index (χ2v) is 5.46. The zero-order valence-electron chi connectivity index (χ0n) is 14.0. The lowest BCUT2D eigenvalue weighted by atomic mass is 10.1. The fraction of sp³-hybridized carbons (Fsp3) is 0.556. The normalized spacial score (nSPS) is 10.3. The minimum atomic E-state index is -0.534. The summed E-state index contributed by atoms with van der Waals surface area (Å²) in [5, 5.41) is 2.76. The van der Waals surface area contributed by atoms with Crippen LogP contribution in [0, 0.1) is 0 Å². The summed E-state index contributed by atoms with van der Waals surface area (Å²) in [4.78, 5) is 26.3. The van der Waals surface area contributed by atoms with Crippen molar-refractivity contribution in [1.82, 2.24) is 4.90 Å². The van der Waals surface area contributed by atoms with Gasteiger partial charge in [-0.25, -0.2) is 0 Å². The third-order valence-corrected chi connectivity index (χ3v) is 3.69. The number of aryl methyl sites for hydroxylation is 1. The number of nitrogens with one attached hydrogen (secondary N) is 1. The van der Waals surface area contributed by atoms with Crippen molar-refractivity contribution in [3.63, 3.8) is 0 Å². The highest BCUT2D eigenvalue weighted by Gasteiger charge is 2.21. The molecule has 0 aromatic heterocycles. The van der Waals surface area contributed by atoms with E-state index in [9.17, 15) is 9.59 Å². The van der Waals surface area contributed by atoms with Crippen molar-refractivity contribution in [2.75, 3.05) is 18.4 Å². The Labute approximate surface area is 133 Å². The summed E-state index contributed by atoms with van der Waals surface area (Å²) in [5.74, 6) is -0.957. The van der Waals surface area contributed by atoms with Crippen molar-refractivity contribution in [3.05, 3.63) is 29.8 Å². The van der Waals surface area contributed by atoms with E-state index in [0.717, 1.165) is 43.4 Å². The zero-order chi connectivity index (χ0) is 16.4. The van der Waals surface area contributed by atoms with Gasteiger partial charge in [-0.3, -0.25) is 9.59 Å². The number of hydrogen-bond donors (Lipinski definition) is 1. The van der Waals surface area contributed by atoms with Gasteiger partial charge in [0.05, 0.1) is 0 Å². The van der Waals surface area contributed by atoms with Gasteiger partial charge in [0.1, 0.15) is 0 Å². The Balaban J connectivity index is 2.73. The largest absolute Gasteiger partial charge is 0.334 e. The highest BCUT2D eigenvalue weighted by molar-refractivity contribution is 6.39. The van der Waals surface area contributed by atoms with Crippen molar-refractivity contribution >= 4 is 17.5 Å². The van der Waals surface area contributed by atoms with Crippen LogP contribution in [0.2, 0.25) is 0 Å². The lowest BCUT2D eigenvalue weighted by Crippen LogP contribution is -2.41. The van der Waals surface area contributed by atoms with Gasteiger partial charge < -0.3 is 10.2 Å². The summed E-state index contributed by atoms with van der Waals surface area (Å²) in [5.41, 5.74) is 1.77. The van der Waals surface area contributed by atoms with Crippen molar-refractivity contribution in [2.45, 2.75) is 52.9 Å². The van der Waals surface area contributed by atoms with Gasteiger partial charge in [0, 0.05) is 18.8 Å². The van der Waals surface area contributed by atoms with E-state index in [1.165, 1.54) is 0 Å². The molecule has 122 valence electrons. The number of para-hydroxylation sites is 1. The number of anilines is 1. The van der Waals surface area contributed by atoms with Crippen LogP contribution in [0.1, 0.15) is 52.0 Å².